The number of nitrogens with zero attached hydrogens (tertiary/aromatic N) is 3. The molecule has 0 atom stereocenters. The third kappa shape index (κ3) is 2.37. The van der Waals surface area contributed by atoms with Gasteiger partial charge in [-0.25, -0.2) is 19.7 Å². The molecule has 5 rings (SSSR count). The van der Waals surface area contributed by atoms with Crippen molar-refractivity contribution in [3.05, 3.63) is 66.3 Å². The van der Waals surface area contributed by atoms with Gasteiger partial charge in [0.25, 0.3) is 0 Å². The summed E-state index contributed by atoms with van der Waals surface area (Å²) in [7, 11) is 0. The fourth-order valence-corrected chi connectivity index (χ4v) is 3.75. The molecular formula is C19H12N4O2S. The highest BCUT2D eigenvalue weighted by Gasteiger charge is 2.29. The molecule has 0 saturated carbocycles. The van der Waals surface area contributed by atoms with Gasteiger partial charge < -0.3 is 10.1 Å². The molecule has 2 aromatic heterocycles. The molecule has 2 aromatic carbocycles. The Morgan fingerprint density at radius 2 is 1.73 bits per heavy atom. The van der Waals surface area contributed by atoms with Crippen LogP contribution in [0.4, 0.5) is 22.0 Å². The monoisotopic (exact) mass is 360 g/mol. The fourth-order valence-electron chi connectivity index (χ4n) is 2.92. The Morgan fingerprint density at radius 1 is 0.962 bits per heavy atom. The van der Waals surface area contributed by atoms with Crippen molar-refractivity contribution in [1.82, 2.24) is 9.97 Å². The summed E-state index contributed by atoms with van der Waals surface area (Å²) < 4.78 is 5.81. The van der Waals surface area contributed by atoms with Gasteiger partial charge in [-0.05, 0) is 36.4 Å². The number of hydrogen-bond acceptors (Lipinski definition) is 5. The Hall–Kier alpha value is -3.45. The Kier molecular flexibility index (Phi) is 3.32. The second-order valence-corrected chi connectivity index (χ2v) is 6.56. The van der Waals surface area contributed by atoms with Crippen LogP contribution in [0.25, 0.3) is 10.2 Å². The second kappa shape index (κ2) is 5.82. The molecule has 6 nitrogen and oxygen atoms in total. The Balaban J connectivity index is 1.51. The molecule has 1 N–H and O–H groups in total. The normalized spacial score (nSPS) is 12.9. The van der Waals surface area contributed by atoms with Gasteiger partial charge in [-0.1, -0.05) is 18.2 Å². The molecule has 26 heavy (non-hydrogen) atoms. The average molecular weight is 360 g/mol. The molecule has 7 heteroatoms. The van der Waals surface area contributed by atoms with Crippen molar-refractivity contribution in [2.24, 2.45) is 0 Å². The van der Waals surface area contributed by atoms with Crippen LogP contribution in [0.1, 0.15) is 0 Å². The van der Waals surface area contributed by atoms with Crippen molar-refractivity contribution in [3.63, 3.8) is 0 Å². The third-order valence-corrected chi connectivity index (χ3v) is 4.97. The lowest BCUT2D eigenvalue weighted by Crippen LogP contribution is -2.34. The van der Waals surface area contributed by atoms with Crippen LogP contribution in [0.5, 0.6) is 11.5 Å². The maximum atomic E-state index is 12.6. The van der Waals surface area contributed by atoms with Crippen LogP contribution < -0.4 is 15.0 Å². The highest BCUT2D eigenvalue weighted by atomic mass is 32.1. The van der Waals surface area contributed by atoms with Gasteiger partial charge in [0.15, 0.2) is 5.82 Å². The van der Waals surface area contributed by atoms with Crippen molar-refractivity contribution in [1.29, 1.82) is 0 Å². The van der Waals surface area contributed by atoms with Crippen LogP contribution in [0.3, 0.4) is 0 Å². The Morgan fingerprint density at radius 3 is 2.54 bits per heavy atom. The van der Waals surface area contributed by atoms with E-state index in [2.05, 4.69) is 15.3 Å². The lowest BCUT2D eigenvalue weighted by Gasteiger charge is -2.26. The average Bonchev–Trinajstić information content (AvgIpc) is 3.08. The Labute approximate surface area is 152 Å². The number of anilines is 3. The van der Waals surface area contributed by atoms with Crippen LogP contribution in [0, 0.1) is 0 Å². The minimum atomic E-state index is -0.243. The largest absolute Gasteiger partial charge is 0.457 e. The number of thiophene rings is 1. The van der Waals surface area contributed by atoms with Crippen molar-refractivity contribution in [3.8, 4) is 11.5 Å². The number of nitrogens with one attached hydrogen (secondary N) is 1. The predicted octanol–water partition coefficient (Wildman–Crippen LogP) is 5.17. The summed E-state index contributed by atoms with van der Waals surface area (Å²) in [5.41, 5.74) is 1.46. The number of carbonyl (C=O) groups excluding carboxylic acids is 1. The SMILES string of the molecule is O=C1Nc2csc3ncnc(c23)N1c1ccc(Oc2ccccc2)cc1. The topological polar surface area (TPSA) is 67.4 Å². The number of para-hydroxylation sites is 1. The van der Waals surface area contributed by atoms with Crippen LogP contribution >= 0.6 is 11.3 Å². The van der Waals surface area contributed by atoms with E-state index < -0.39 is 0 Å². The zero-order valence-electron chi connectivity index (χ0n) is 13.4. The summed E-state index contributed by atoms with van der Waals surface area (Å²) in [4.78, 5) is 23.6. The van der Waals surface area contributed by atoms with Crippen molar-refractivity contribution >= 4 is 44.8 Å². The van der Waals surface area contributed by atoms with Gasteiger partial charge in [-0.3, -0.25) is 0 Å². The summed E-state index contributed by atoms with van der Waals surface area (Å²) in [5, 5.41) is 5.64. The van der Waals surface area contributed by atoms with Crippen LogP contribution in [-0.2, 0) is 0 Å². The first kappa shape index (κ1) is 14.9. The van der Waals surface area contributed by atoms with Crippen molar-refractivity contribution < 1.29 is 9.53 Å². The lowest BCUT2D eigenvalue weighted by molar-refractivity contribution is 0.258. The zero-order valence-corrected chi connectivity index (χ0v) is 14.2. The van der Waals surface area contributed by atoms with E-state index in [9.17, 15) is 4.79 Å². The van der Waals surface area contributed by atoms with E-state index in [1.807, 2.05) is 60.0 Å². The minimum absolute atomic E-state index is 0.243. The van der Waals surface area contributed by atoms with Gasteiger partial charge in [-0.15, -0.1) is 11.3 Å². The number of amides is 2. The summed E-state index contributed by atoms with van der Waals surface area (Å²) in [6.07, 6.45) is 1.48. The van der Waals surface area contributed by atoms with Gasteiger partial charge >= 0.3 is 6.03 Å². The third-order valence-electron chi connectivity index (χ3n) is 4.08. The molecular weight excluding hydrogens is 348 g/mol. The number of benzene rings is 2. The predicted molar refractivity (Wildman–Crippen MR) is 102 cm³/mol. The summed E-state index contributed by atoms with van der Waals surface area (Å²) in [6, 6.07) is 16.6. The second-order valence-electron chi connectivity index (χ2n) is 5.70. The molecule has 3 heterocycles. The minimum Gasteiger partial charge on any atom is -0.457 e. The molecule has 0 unspecified atom stereocenters. The van der Waals surface area contributed by atoms with Gasteiger partial charge in [0, 0.05) is 5.38 Å². The van der Waals surface area contributed by atoms with Gasteiger partial charge in [0.1, 0.15) is 22.7 Å². The van der Waals surface area contributed by atoms with Crippen LogP contribution in [0.2, 0.25) is 0 Å². The molecule has 1 aliphatic heterocycles. The number of ether oxygens (including phenoxy) is 1. The quantitative estimate of drug-likeness (QED) is 0.547. The first-order valence-corrected chi connectivity index (χ1v) is 8.84. The molecule has 4 aromatic rings. The van der Waals surface area contributed by atoms with Crippen LogP contribution in [-0.4, -0.2) is 16.0 Å². The molecule has 0 radical (unpaired) electrons. The molecule has 0 spiro atoms. The smallest absolute Gasteiger partial charge is 0.332 e. The molecule has 2 amide bonds. The maximum Gasteiger partial charge on any atom is 0.332 e. The summed E-state index contributed by atoms with van der Waals surface area (Å²) >= 11 is 1.48. The first-order chi connectivity index (χ1) is 12.8. The zero-order chi connectivity index (χ0) is 17.5. The number of rotatable bonds is 3. The summed E-state index contributed by atoms with van der Waals surface area (Å²) in [6.45, 7) is 0. The molecule has 0 aliphatic carbocycles. The van der Waals surface area contributed by atoms with E-state index in [0.29, 0.717) is 17.3 Å². The standard InChI is InChI=1S/C19H12N4O2S/c24-19-22-15-10-26-18-16(15)17(20-11-21-18)23(19)12-6-8-14(9-7-12)25-13-4-2-1-3-5-13/h1-11H,(H,22,24). The number of carbonyl (C=O) groups is 1. The molecule has 0 saturated heterocycles. The summed E-state index contributed by atoms with van der Waals surface area (Å²) in [5.74, 6) is 2.05. The van der Waals surface area contributed by atoms with E-state index >= 15 is 0 Å². The van der Waals surface area contributed by atoms with E-state index in [1.54, 1.807) is 4.90 Å². The van der Waals surface area contributed by atoms with E-state index in [4.69, 9.17) is 4.74 Å². The van der Waals surface area contributed by atoms with Crippen molar-refractivity contribution in [2.75, 3.05) is 10.2 Å². The van der Waals surface area contributed by atoms with E-state index in [0.717, 1.165) is 21.7 Å². The first-order valence-electron chi connectivity index (χ1n) is 7.96. The number of aromatic nitrogens is 2. The molecule has 0 bridgehead atoms. The van der Waals surface area contributed by atoms with Gasteiger partial charge in [-0.2, -0.15) is 0 Å². The molecule has 126 valence electrons. The van der Waals surface area contributed by atoms with Gasteiger partial charge in [0.2, 0.25) is 0 Å². The highest BCUT2D eigenvalue weighted by Crippen LogP contribution is 2.41. The maximum absolute atomic E-state index is 12.6. The Bertz CT molecular complexity index is 1110. The fraction of sp³-hybridized carbons (Fsp3) is 0. The van der Waals surface area contributed by atoms with Gasteiger partial charge in [0.05, 0.1) is 16.8 Å². The van der Waals surface area contributed by atoms with Crippen LogP contribution in [0.15, 0.2) is 66.3 Å². The number of urea groups is 1. The highest BCUT2D eigenvalue weighted by molar-refractivity contribution is 7.17. The molecule has 1 aliphatic rings. The lowest BCUT2D eigenvalue weighted by atomic mass is 10.2. The van der Waals surface area contributed by atoms with Crippen molar-refractivity contribution in [2.45, 2.75) is 0 Å². The van der Waals surface area contributed by atoms with E-state index in [-0.39, 0.29) is 6.03 Å². The molecule has 0 fully saturated rings. The van der Waals surface area contributed by atoms with E-state index in [1.165, 1.54) is 17.7 Å². The number of hydrogen-bond donors (Lipinski definition) is 1.